The third-order valence-electron chi connectivity index (χ3n) is 2.46. The van der Waals surface area contributed by atoms with E-state index >= 15 is 0 Å². The molecule has 134 valence electrons. The Kier molecular flexibility index (Phi) is 7.08. The second kappa shape index (κ2) is 7.80. The summed E-state index contributed by atoms with van der Waals surface area (Å²) < 4.78 is 42.1. The quantitative estimate of drug-likeness (QED) is 0.615. The van der Waals surface area contributed by atoms with Gasteiger partial charge in [-0.05, 0) is 27.7 Å². The van der Waals surface area contributed by atoms with Crippen molar-refractivity contribution < 1.29 is 22.0 Å². The van der Waals surface area contributed by atoms with Gasteiger partial charge in [-0.3, -0.25) is 13.7 Å². The molecule has 1 aromatic heterocycles. The molecular formula is C12H22ClN2O5PS2. The van der Waals surface area contributed by atoms with Gasteiger partial charge in [-0.15, -0.1) is 5.10 Å². The first-order valence-electron chi connectivity index (χ1n) is 7.03. The minimum Gasteiger partial charge on any atom is -0.402 e. The molecule has 1 rings (SSSR count). The van der Waals surface area contributed by atoms with Gasteiger partial charge in [-0.1, -0.05) is 18.5 Å². The Morgan fingerprint density at radius 1 is 1.26 bits per heavy atom. The summed E-state index contributed by atoms with van der Waals surface area (Å²) in [6, 6.07) is 0. The van der Waals surface area contributed by atoms with E-state index in [4.69, 9.17) is 37.0 Å². The molecule has 0 aliphatic heterocycles. The first kappa shape index (κ1) is 20.9. The van der Waals surface area contributed by atoms with E-state index < -0.39 is 16.6 Å². The molecule has 0 saturated heterocycles. The van der Waals surface area contributed by atoms with Crippen LogP contribution in [0.25, 0.3) is 0 Å². The molecule has 0 radical (unpaired) electrons. The van der Waals surface area contributed by atoms with Crippen LogP contribution < -0.4 is 4.52 Å². The molecule has 23 heavy (non-hydrogen) atoms. The van der Waals surface area contributed by atoms with Gasteiger partial charge in [0.25, 0.3) is 5.88 Å². The van der Waals surface area contributed by atoms with Crippen LogP contribution in [-0.2, 0) is 37.7 Å². The normalized spacial score (nSPS) is 13.1. The number of rotatable bonds is 8. The Hall–Kier alpha value is -0.180. The van der Waals surface area contributed by atoms with Crippen molar-refractivity contribution in [2.45, 2.75) is 51.9 Å². The van der Waals surface area contributed by atoms with Gasteiger partial charge in [0.2, 0.25) is 0 Å². The van der Waals surface area contributed by atoms with E-state index in [1.165, 1.54) is 14.0 Å². The third kappa shape index (κ3) is 5.41. The van der Waals surface area contributed by atoms with Gasteiger partial charge < -0.3 is 4.52 Å². The van der Waals surface area contributed by atoms with E-state index in [0.29, 0.717) is 0 Å². The maximum atomic E-state index is 12.1. The Labute approximate surface area is 147 Å². The number of sulfone groups is 1. The molecule has 0 saturated carbocycles. The maximum Gasteiger partial charge on any atom is 0.382 e. The summed E-state index contributed by atoms with van der Waals surface area (Å²) in [5.74, 6) is -0.212. The lowest BCUT2D eigenvalue weighted by molar-refractivity contribution is 0.139. The summed E-state index contributed by atoms with van der Waals surface area (Å²) in [6.45, 7) is 5.52. The molecule has 0 amide bonds. The lowest BCUT2D eigenvalue weighted by Crippen LogP contribution is -2.11. The zero-order valence-electron chi connectivity index (χ0n) is 13.9. The lowest BCUT2D eigenvalue weighted by Gasteiger charge is -2.24. The monoisotopic (exact) mass is 404 g/mol. The zero-order chi connectivity index (χ0) is 18.0. The third-order valence-corrected chi connectivity index (χ3v) is 7.23. The molecule has 0 spiro atoms. The lowest BCUT2D eigenvalue weighted by atomic mass is 10.5. The fourth-order valence-corrected chi connectivity index (χ4v) is 6.12. The number of hydrogen-bond donors (Lipinski definition) is 0. The fourth-order valence-electron chi connectivity index (χ4n) is 1.68. The highest BCUT2D eigenvalue weighted by Crippen LogP contribution is 2.53. The van der Waals surface area contributed by atoms with E-state index in [1.807, 2.05) is 0 Å². The molecule has 0 aromatic carbocycles. The van der Waals surface area contributed by atoms with Crippen molar-refractivity contribution in [2.75, 3.05) is 5.75 Å². The summed E-state index contributed by atoms with van der Waals surface area (Å²) in [7, 11) is -2.09. The largest absolute Gasteiger partial charge is 0.402 e. The molecular weight excluding hydrogens is 383 g/mol. The van der Waals surface area contributed by atoms with Crippen LogP contribution in [0.3, 0.4) is 0 Å². The van der Waals surface area contributed by atoms with Crippen LogP contribution in [0.4, 0.5) is 0 Å². The first-order chi connectivity index (χ1) is 10.4. The number of aryl methyl sites for hydroxylation is 1. The summed E-state index contributed by atoms with van der Waals surface area (Å²) in [5, 5.41) is 3.77. The fraction of sp³-hybridized carbons (Fsp3) is 0.750. The molecule has 11 heteroatoms. The van der Waals surface area contributed by atoms with Gasteiger partial charge in [-0.25, -0.2) is 8.42 Å². The van der Waals surface area contributed by atoms with Crippen molar-refractivity contribution in [3.05, 3.63) is 5.02 Å². The summed E-state index contributed by atoms with van der Waals surface area (Å²) in [4.78, 5) is 0. The SMILES string of the molecule is CCS(=O)(=O)c1c(Cl)c(OP(=S)(OC(C)C)OC(C)C)nn1C. The Morgan fingerprint density at radius 2 is 1.74 bits per heavy atom. The molecule has 0 unspecified atom stereocenters. The van der Waals surface area contributed by atoms with Crippen molar-refractivity contribution in [1.82, 2.24) is 9.78 Å². The van der Waals surface area contributed by atoms with E-state index in [2.05, 4.69) is 5.10 Å². The highest BCUT2D eigenvalue weighted by Gasteiger charge is 2.32. The van der Waals surface area contributed by atoms with E-state index in [9.17, 15) is 8.42 Å². The van der Waals surface area contributed by atoms with Crippen molar-refractivity contribution >= 4 is 40.0 Å². The Bertz CT molecular complexity index is 689. The predicted octanol–water partition coefficient (Wildman–Crippen LogP) is 3.32. The molecule has 1 aromatic rings. The molecule has 1 heterocycles. The van der Waals surface area contributed by atoms with Crippen molar-refractivity contribution in [1.29, 1.82) is 0 Å². The first-order valence-corrected chi connectivity index (χ1v) is 11.6. The number of aromatic nitrogens is 2. The van der Waals surface area contributed by atoms with Gasteiger partial charge >= 0.3 is 6.72 Å². The molecule has 0 fully saturated rings. The molecule has 7 nitrogen and oxygen atoms in total. The second-order valence-corrected chi connectivity index (χ2v) is 10.7. The van der Waals surface area contributed by atoms with E-state index in [0.717, 1.165) is 4.68 Å². The standard InChI is InChI=1S/C12H22ClN2O5PS2/c1-7-23(16,17)12-10(13)11(14-15(12)6)20-21(22,18-8(2)3)19-9(4)5/h8-9H,7H2,1-6H3. The average Bonchev–Trinajstić information content (AvgIpc) is 2.61. The molecule has 0 aliphatic rings. The number of hydrogen-bond acceptors (Lipinski definition) is 7. The topological polar surface area (TPSA) is 79.7 Å². The van der Waals surface area contributed by atoms with Crippen molar-refractivity contribution in [3.8, 4) is 5.88 Å². The molecule has 0 N–H and O–H groups in total. The van der Waals surface area contributed by atoms with Crippen LogP contribution in [0.2, 0.25) is 5.02 Å². The van der Waals surface area contributed by atoms with E-state index in [-0.39, 0.29) is 33.9 Å². The summed E-state index contributed by atoms with van der Waals surface area (Å²) in [6.07, 6.45) is -0.471. The molecule has 0 aliphatic carbocycles. The second-order valence-electron chi connectivity index (χ2n) is 5.30. The minimum atomic E-state index is -3.56. The Balaban J connectivity index is 3.26. The highest BCUT2D eigenvalue weighted by molar-refractivity contribution is 8.07. The van der Waals surface area contributed by atoms with Gasteiger partial charge in [-0.2, -0.15) is 0 Å². The Morgan fingerprint density at radius 3 is 2.13 bits per heavy atom. The van der Waals surface area contributed by atoms with Gasteiger partial charge in [0.1, 0.15) is 5.02 Å². The van der Waals surface area contributed by atoms with Gasteiger partial charge in [0, 0.05) is 18.9 Å². The highest BCUT2D eigenvalue weighted by atomic mass is 35.5. The van der Waals surface area contributed by atoms with Crippen LogP contribution >= 0.6 is 18.3 Å². The number of halogens is 1. The molecule has 0 atom stereocenters. The minimum absolute atomic E-state index is 0.106. The predicted molar refractivity (Wildman–Crippen MR) is 93.3 cm³/mol. The van der Waals surface area contributed by atoms with Crippen LogP contribution in [0, 0.1) is 0 Å². The summed E-state index contributed by atoms with van der Waals surface area (Å²) in [5.41, 5.74) is 0. The van der Waals surface area contributed by atoms with Crippen LogP contribution in [0.1, 0.15) is 34.6 Å². The van der Waals surface area contributed by atoms with Crippen LogP contribution in [0.15, 0.2) is 5.03 Å². The van der Waals surface area contributed by atoms with Crippen molar-refractivity contribution in [2.24, 2.45) is 7.05 Å². The smallest absolute Gasteiger partial charge is 0.382 e. The maximum absolute atomic E-state index is 12.1. The summed E-state index contributed by atoms with van der Waals surface area (Å²) >= 11 is 11.5. The zero-order valence-corrected chi connectivity index (χ0v) is 17.2. The van der Waals surface area contributed by atoms with Crippen LogP contribution in [0.5, 0.6) is 5.88 Å². The van der Waals surface area contributed by atoms with Gasteiger partial charge in [0.05, 0.1) is 18.0 Å². The van der Waals surface area contributed by atoms with E-state index in [1.54, 1.807) is 27.7 Å². The average molecular weight is 405 g/mol. The van der Waals surface area contributed by atoms with Crippen LogP contribution in [-0.4, -0.2) is 36.2 Å². The molecule has 0 bridgehead atoms. The van der Waals surface area contributed by atoms with Crippen molar-refractivity contribution in [3.63, 3.8) is 0 Å². The number of nitrogens with zero attached hydrogens (tertiary/aromatic N) is 2. The van der Waals surface area contributed by atoms with Gasteiger partial charge in [0.15, 0.2) is 14.9 Å².